The van der Waals surface area contributed by atoms with E-state index in [4.69, 9.17) is 16.3 Å². The van der Waals surface area contributed by atoms with E-state index in [1.54, 1.807) is 49.2 Å². The maximum absolute atomic E-state index is 13.1. The van der Waals surface area contributed by atoms with Crippen LogP contribution in [0.5, 0.6) is 5.75 Å². The number of nitrogens with zero attached hydrogens (tertiary/aromatic N) is 4. The first kappa shape index (κ1) is 19.0. The van der Waals surface area contributed by atoms with Crippen molar-refractivity contribution in [1.29, 1.82) is 0 Å². The monoisotopic (exact) mass is 410 g/mol. The second-order valence-electron chi connectivity index (χ2n) is 6.48. The minimum atomic E-state index is -0.472. The molecule has 0 fully saturated rings. The van der Waals surface area contributed by atoms with Gasteiger partial charge >= 0.3 is 5.69 Å². The topological polar surface area (TPSA) is 71.0 Å². The van der Waals surface area contributed by atoms with E-state index in [0.29, 0.717) is 28.5 Å². The van der Waals surface area contributed by atoms with Crippen molar-refractivity contribution in [3.05, 3.63) is 86.3 Å². The first-order valence-corrected chi connectivity index (χ1v) is 9.52. The van der Waals surface area contributed by atoms with Crippen LogP contribution >= 0.6 is 11.6 Å². The Morgan fingerprint density at radius 2 is 1.79 bits per heavy atom. The molecular formula is C21H19ClN4O3. The van der Waals surface area contributed by atoms with Crippen molar-refractivity contribution in [3.63, 3.8) is 0 Å². The number of imidazole rings is 1. The number of rotatable bonds is 5. The molecule has 2 aromatic heterocycles. The number of hydrogen-bond donors (Lipinski definition) is 0. The standard InChI is InChI=1S/C21H19ClN4O3/c1-3-25-20(27)18-19(26(21(25)28)16-10-6-5-9-15(16)22)23-13-24(18)12-14-8-4-7-11-17(14)29-2/h4-11,13H,3,12H2,1-2H3. The van der Waals surface area contributed by atoms with Gasteiger partial charge in [-0.05, 0) is 25.1 Å². The quantitative estimate of drug-likeness (QED) is 0.507. The van der Waals surface area contributed by atoms with Crippen molar-refractivity contribution in [2.75, 3.05) is 7.11 Å². The molecule has 0 N–H and O–H groups in total. The molecule has 0 spiro atoms. The highest BCUT2D eigenvalue weighted by molar-refractivity contribution is 6.32. The molecule has 7 nitrogen and oxygen atoms in total. The smallest absolute Gasteiger partial charge is 0.337 e. The summed E-state index contributed by atoms with van der Waals surface area (Å²) >= 11 is 6.34. The lowest BCUT2D eigenvalue weighted by Crippen LogP contribution is -2.39. The number of benzene rings is 2. The fraction of sp³-hybridized carbons (Fsp3) is 0.190. The molecule has 0 radical (unpaired) electrons. The number of halogens is 1. The van der Waals surface area contributed by atoms with E-state index in [-0.39, 0.29) is 17.8 Å². The average molecular weight is 411 g/mol. The zero-order valence-corrected chi connectivity index (χ0v) is 16.8. The van der Waals surface area contributed by atoms with Crippen LogP contribution < -0.4 is 16.0 Å². The van der Waals surface area contributed by atoms with Crippen LogP contribution in [0.25, 0.3) is 16.9 Å². The maximum Gasteiger partial charge on any atom is 0.337 e. The normalized spacial score (nSPS) is 11.1. The Kier molecular flexibility index (Phi) is 4.98. The van der Waals surface area contributed by atoms with E-state index >= 15 is 0 Å². The summed E-state index contributed by atoms with van der Waals surface area (Å²) < 4.78 is 9.73. The van der Waals surface area contributed by atoms with Crippen LogP contribution in [0.4, 0.5) is 0 Å². The molecule has 0 unspecified atom stereocenters. The molecule has 0 saturated carbocycles. The van der Waals surface area contributed by atoms with E-state index in [2.05, 4.69) is 4.98 Å². The zero-order chi connectivity index (χ0) is 20.5. The third kappa shape index (κ3) is 3.13. The van der Waals surface area contributed by atoms with Gasteiger partial charge in [0.2, 0.25) is 0 Å². The summed E-state index contributed by atoms with van der Waals surface area (Å²) in [6, 6.07) is 14.6. The number of para-hydroxylation sites is 2. The van der Waals surface area contributed by atoms with Crippen molar-refractivity contribution in [2.24, 2.45) is 0 Å². The number of fused-ring (bicyclic) bond motifs is 1. The first-order valence-electron chi connectivity index (χ1n) is 9.14. The Labute approximate surface area is 171 Å². The van der Waals surface area contributed by atoms with Gasteiger partial charge < -0.3 is 9.30 Å². The van der Waals surface area contributed by atoms with Crippen molar-refractivity contribution < 1.29 is 4.74 Å². The van der Waals surface area contributed by atoms with Crippen LogP contribution in [-0.4, -0.2) is 25.8 Å². The Balaban J connectivity index is 2.01. The fourth-order valence-corrected chi connectivity index (χ4v) is 3.67. The van der Waals surface area contributed by atoms with Gasteiger partial charge in [-0.2, -0.15) is 0 Å². The SMILES string of the molecule is CCn1c(=O)c2c(ncn2Cc2ccccc2OC)n(-c2ccccc2Cl)c1=O. The molecular weight excluding hydrogens is 392 g/mol. The Morgan fingerprint density at radius 1 is 1.07 bits per heavy atom. The molecule has 0 bridgehead atoms. The van der Waals surface area contributed by atoms with Crippen LogP contribution in [0.3, 0.4) is 0 Å². The molecule has 0 aliphatic heterocycles. The van der Waals surface area contributed by atoms with Gasteiger partial charge in [0.25, 0.3) is 5.56 Å². The van der Waals surface area contributed by atoms with Gasteiger partial charge in [0, 0.05) is 12.1 Å². The van der Waals surface area contributed by atoms with Crippen LogP contribution in [0.15, 0.2) is 64.4 Å². The minimum absolute atomic E-state index is 0.234. The second-order valence-corrected chi connectivity index (χ2v) is 6.88. The summed E-state index contributed by atoms with van der Waals surface area (Å²) in [5.74, 6) is 0.713. The van der Waals surface area contributed by atoms with Crippen molar-refractivity contribution in [3.8, 4) is 11.4 Å². The van der Waals surface area contributed by atoms with Crippen molar-refractivity contribution in [2.45, 2.75) is 20.0 Å². The van der Waals surface area contributed by atoms with Gasteiger partial charge in [0.05, 0.1) is 30.7 Å². The number of aromatic nitrogens is 4. The molecule has 4 aromatic rings. The van der Waals surface area contributed by atoms with Gasteiger partial charge in [-0.3, -0.25) is 9.36 Å². The third-order valence-electron chi connectivity index (χ3n) is 4.84. The lowest BCUT2D eigenvalue weighted by molar-refractivity contribution is 0.408. The Bertz CT molecular complexity index is 1320. The second kappa shape index (κ2) is 7.60. The number of hydrogen-bond acceptors (Lipinski definition) is 4. The molecule has 0 aliphatic carbocycles. The minimum Gasteiger partial charge on any atom is -0.496 e. The molecule has 29 heavy (non-hydrogen) atoms. The average Bonchev–Trinajstić information content (AvgIpc) is 3.13. The first-order chi connectivity index (χ1) is 14.1. The summed E-state index contributed by atoms with van der Waals surface area (Å²) in [5.41, 5.74) is 1.12. The molecule has 0 atom stereocenters. The molecule has 8 heteroatoms. The number of ether oxygens (including phenoxy) is 1. The van der Waals surface area contributed by atoms with E-state index in [1.807, 2.05) is 24.3 Å². The number of methoxy groups -OCH3 is 1. The molecule has 0 aliphatic rings. The largest absolute Gasteiger partial charge is 0.496 e. The zero-order valence-electron chi connectivity index (χ0n) is 16.0. The van der Waals surface area contributed by atoms with Crippen LogP contribution in [0, 0.1) is 0 Å². The summed E-state index contributed by atoms with van der Waals surface area (Å²) in [6.07, 6.45) is 1.56. The van der Waals surface area contributed by atoms with Crippen LogP contribution in [0.1, 0.15) is 12.5 Å². The lowest BCUT2D eigenvalue weighted by atomic mass is 10.2. The maximum atomic E-state index is 13.1. The summed E-state index contributed by atoms with van der Waals surface area (Å²) in [7, 11) is 1.60. The third-order valence-corrected chi connectivity index (χ3v) is 5.16. The Morgan fingerprint density at radius 3 is 2.52 bits per heavy atom. The molecule has 148 valence electrons. The van der Waals surface area contributed by atoms with Gasteiger partial charge in [-0.15, -0.1) is 0 Å². The van der Waals surface area contributed by atoms with Crippen LogP contribution in [-0.2, 0) is 13.1 Å². The van der Waals surface area contributed by atoms with E-state index < -0.39 is 5.69 Å². The highest BCUT2D eigenvalue weighted by atomic mass is 35.5. The van der Waals surface area contributed by atoms with Gasteiger partial charge in [-0.25, -0.2) is 14.3 Å². The van der Waals surface area contributed by atoms with Gasteiger partial charge in [-0.1, -0.05) is 41.9 Å². The molecule has 2 heterocycles. The van der Waals surface area contributed by atoms with Gasteiger partial charge in [0.1, 0.15) is 5.75 Å². The van der Waals surface area contributed by atoms with Gasteiger partial charge in [0.15, 0.2) is 11.2 Å². The van der Waals surface area contributed by atoms with Crippen molar-refractivity contribution in [1.82, 2.24) is 18.7 Å². The predicted octanol–water partition coefficient (Wildman–Crippen LogP) is 3.08. The fourth-order valence-electron chi connectivity index (χ4n) is 3.45. The van der Waals surface area contributed by atoms with E-state index in [9.17, 15) is 9.59 Å². The van der Waals surface area contributed by atoms with E-state index in [1.165, 1.54) is 9.13 Å². The summed E-state index contributed by atoms with van der Waals surface area (Å²) in [6.45, 7) is 2.37. The molecule has 4 rings (SSSR count). The van der Waals surface area contributed by atoms with Crippen LogP contribution in [0.2, 0.25) is 5.02 Å². The molecule has 0 amide bonds. The Hall–Kier alpha value is -3.32. The van der Waals surface area contributed by atoms with E-state index in [0.717, 1.165) is 5.56 Å². The lowest BCUT2D eigenvalue weighted by Gasteiger charge is -2.13. The van der Waals surface area contributed by atoms with Crippen molar-refractivity contribution >= 4 is 22.8 Å². The highest BCUT2D eigenvalue weighted by Crippen LogP contribution is 2.23. The summed E-state index contributed by atoms with van der Waals surface area (Å²) in [4.78, 5) is 30.6. The highest BCUT2D eigenvalue weighted by Gasteiger charge is 2.20. The molecule has 0 saturated heterocycles. The predicted molar refractivity (Wildman–Crippen MR) is 112 cm³/mol. The summed E-state index contributed by atoms with van der Waals surface area (Å²) in [5, 5.41) is 0.400. The molecule has 2 aromatic carbocycles.